The van der Waals surface area contributed by atoms with Crippen molar-refractivity contribution < 1.29 is 0 Å². The Labute approximate surface area is 86.8 Å². The minimum atomic E-state index is 0.434. The zero-order chi connectivity index (χ0) is 10.6. The molecule has 0 aliphatic heterocycles. The predicted octanol–water partition coefficient (Wildman–Crippen LogP) is 2.70. The minimum absolute atomic E-state index is 0.434. The van der Waals surface area contributed by atoms with Crippen molar-refractivity contribution in [2.75, 3.05) is 7.05 Å². The largest absolute Gasteiger partial charge is 0.313 e. The summed E-state index contributed by atoms with van der Waals surface area (Å²) in [5, 5.41) is 3.35. The molecule has 1 aromatic heterocycles. The Bertz CT molecular complexity index is 281. The Morgan fingerprint density at radius 1 is 1.43 bits per heavy atom. The van der Waals surface area contributed by atoms with Gasteiger partial charge in [0, 0.05) is 18.4 Å². The number of pyridine rings is 1. The molecule has 1 atom stereocenters. The van der Waals surface area contributed by atoms with E-state index in [-0.39, 0.29) is 0 Å². The first kappa shape index (κ1) is 11.2. The average molecular weight is 192 g/mol. The van der Waals surface area contributed by atoms with E-state index in [1.54, 1.807) is 0 Å². The molecular weight excluding hydrogens is 172 g/mol. The fraction of sp³-hybridized carbons (Fsp3) is 0.583. The molecule has 1 N–H and O–H groups in total. The minimum Gasteiger partial charge on any atom is -0.313 e. The predicted molar refractivity (Wildman–Crippen MR) is 60.2 cm³/mol. The molecule has 2 heteroatoms. The Balaban J connectivity index is 2.83. The maximum absolute atomic E-state index is 4.18. The van der Waals surface area contributed by atoms with E-state index in [1.807, 2.05) is 19.4 Å². The summed E-state index contributed by atoms with van der Waals surface area (Å²) >= 11 is 0. The smallest absolute Gasteiger partial charge is 0.0337 e. The molecule has 2 nitrogen and oxygen atoms in total. The topological polar surface area (TPSA) is 24.9 Å². The van der Waals surface area contributed by atoms with Crippen molar-refractivity contribution >= 4 is 0 Å². The van der Waals surface area contributed by atoms with Crippen LogP contribution in [0.3, 0.4) is 0 Å². The van der Waals surface area contributed by atoms with Crippen LogP contribution >= 0.6 is 0 Å². The van der Waals surface area contributed by atoms with Crippen LogP contribution in [-0.4, -0.2) is 12.0 Å². The van der Waals surface area contributed by atoms with Crippen LogP contribution in [0.15, 0.2) is 18.5 Å². The second-order valence-corrected chi connectivity index (χ2v) is 4.20. The van der Waals surface area contributed by atoms with E-state index in [4.69, 9.17) is 0 Å². The van der Waals surface area contributed by atoms with Crippen LogP contribution in [0.5, 0.6) is 0 Å². The third-order valence-corrected chi connectivity index (χ3v) is 2.51. The fourth-order valence-electron chi connectivity index (χ4n) is 1.71. The Morgan fingerprint density at radius 3 is 2.64 bits per heavy atom. The van der Waals surface area contributed by atoms with E-state index in [9.17, 15) is 0 Å². The van der Waals surface area contributed by atoms with Gasteiger partial charge in [0.15, 0.2) is 0 Å². The quantitative estimate of drug-likeness (QED) is 0.793. The van der Waals surface area contributed by atoms with Crippen LogP contribution in [0.1, 0.15) is 37.4 Å². The highest BCUT2D eigenvalue weighted by Crippen LogP contribution is 2.22. The number of aromatic nitrogens is 1. The second-order valence-electron chi connectivity index (χ2n) is 4.20. The molecule has 0 aromatic carbocycles. The van der Waals surface area contributed by atoms with Gasteiger partial charge in [0.05, 0.1) is 0 Å². The summed E-state index contributed by atoms with van der Waals surface area (Å²) in [6.07, 6.45) is 4.98. The lowest BCUT2D eigenvalue weighted by molar-refractivity contribution is 0.454. The van der Waals surface area contributed by atoms with E-state index in [0.29, 0.717) is 12.0 Å². The van der Waals surface area contributed by atoms with Crippen LogP contribution < -0.4 is 5.32 Å². The first-order chi connectivity index (χ1) is 6.65. The summed E-state index contributed by atoms with van der Waals surface area (Å²) in [6, 6.07) is 2.50. The molecule has 0 radical (unpaired) electrons. The standard InChI is InChI=1S/C12H20N2/c1-9(2)7-12(13-4)11-8-14-6-5-10(11)3/h5-6,8-9,12-13H,7H2,1-4H3. The lowest BCUT2D eigenvalue weighted by Crippen LogP contribution is -2.19. The van der Waals surface area contributed by atoms with Crippen molar-refractivity contribution in [1.29, 1.82) is 0 Å². The molecule has 0 fully saturated rings. The molecule has 0 saturated carbocycles. The van der Waals surface area contributed by atoms with Crippen LogP contribution in [0.2, 0.25) is 0 Å². The maximum atomic E-state index is 4.18. The highest BCUT2D eigenvalue weighted by molar-refractivity contribution is 5.24. The van der Waals surface area contributed by atoms with E-state index in [0.717, 1.165) is 6.42 Å². The lowest BCUT2D eigenvalue weighted by Gasteiger charge is -2.20. The second kappa shape index (κ2) is 5.11. The molecule has 1 heterocycles. The first-order valence-electron chi connectivity index (χ1n) is 5.23. The number of nitrogens with zero attached hydrogens (tertiary/aromatic N) is 1. The fourth-order valence-corrected chi connectivity index (χ4v) is 1.71. The van der Waals surface area contributed by atoms with E-state index in [1.165, 1.54) is 11.1 Å². The lowest BCUT2D eigenvalue weighted by atomic mass is 9.96. The molecular formula is C12H20N2. The third-order valence-electron chi connectivity index (χ3n) is 2.51. The molecule has 1 unspecified atom stereocenters. The number of nitrogens with one attached hydrogen (secondary N) is 1. The Morgan fingerprint density at radius 2 is 2.14 bits per heavy atom. The van der Waals surface area contributed by atoms with Gasteiger partial charge in [-0.2, -0.15) is 0 Å². The summed E-state index contributed by atoms with van der Waals surface area (Å²) in [4.78, 5) is 4.18. The zero-order valence-corrected chi connectivity index (χ0v) is 9.54. The van der Waals surface area contributed by atoms with Crippen molar-refractivity contribution in [3.8, 4) is 0 Å². The molecule has 78 valence electrons. The zero-order valence-electron chi connectivity index (χ0n) is 9.54. The van der Waals surface area contributed by atoms with E-state index >= 15 is 0 Å². The van der Waals surface area contributed by atoms with E-state index < -0.39 is 0 Å². The van der Waals surface area contributed by atoms with Crippen LogP contribution in [0, 0.1) is 12.8 Å². The molecule has 1 aromatic rings. The van der Waals surface area contributed by atoms with Gasteiger partial charge in [0.1, 0.15) is 0 Å². The summed E-state index contributed by atoms with van der Waals surface area (Å²) in [5.74, 6) is 0.701. The normalized spacial score (nSPS) is 13.2. The first-order valence-corrected chi connectivity index (χ1v) is 5.23. The highest BCUT2D eigenvalue weighted by Gasteiger charge is 2.12. The summed E-state index contributed by atoms with van der Waals surface area (Å²) in [7, 11) is 2.01. The maximum Gasteiger partial charge on any atom is 0.0337 e. The van der Waals surface area contributed by atoms with Crippen LogP contribution in [0.4, 0.5) is 0 Å². The van der Waals surface area contributed by atoms with Gasteiger partial charge in [-0.15, -0.1) is 0 Å². The Hall–Kier alpha value is -0.890. The van der Waals surface area contributed by atoms with Crippen LogP contribution in [0.25, 0.3) is 0 Å². The summed E-state index contributed by atoms with van der Waals surface area (Å²) in [6.45, 7) is 6.63. The molecule has 1 rings (SSSR count). The number of aryl methyl sites for hydroxylation is 1. The van der Waals surface area contributed by atoms with Crippen LogP contribution in [-0.2, 0) is 0 Å². The third kappa shape index (κ3) is 2.81. The van der Waals surface area contributed by atoms with Gasteiger partial charge in [-0.1, -0.05) is 13.8 Å². The van der Waals surface area contributed by atoms with Gasteiger partial charge in [-0.25, -0.2) is 0 Å². The molecule has 0 saturated heterocycles. The van der Waals surface area contributed by atoms with Gasteiger partial charge >= 0.3 is 0 Å². The molecule has 0 aliphatic carbocycles. The van der Waals surface area contributed by atoms with Gasteiger partial charge in [-0.05, 0) is 43.5 Å². The van der Waals surface area contributed by atoms with Gasteiger partial charge in [0.25, 0.3) is 0 Å². The molecule has 0 bridgehead atoms. The van der Waals surface area contributed by atoms with Crippen molar-refractivity contribution in [3.63, 3.8) is 0 Å². The molecule has 14 heavy (non-hydrogen) atoms. The summed E-state index contributed by atoms with van der Waals surface area (Å²) < 4.78 is 0. The van der Waals surface area contributed by atoms with Crippen molar-refractivity contribution in [3.05, 3.63) is 29.6 Å². The van der Waals surface area contributed by atoms with Crippen molar-refractivity contribution in [1.82, 2.24) is 10.3 Å². The highest BCUT2D eigenvalue weighted by atomic mass is 14.9. The Kier molecular flexibility index (Phi) is 4.08. The van der Waals surface area contributed by atoms with Gasteiger partial charge in [-0.3, -0.25) is 4.98 Å². The molecule has 0 aliphatic rings. The summed E-state index contributed by atoms with van der Waals surface area (Å²) in [5.41, 5.74) is 2.64. The van der Waals surface area contributed by atoms with E-state index in [2.05, 4.69) is 37.1 Å². The molecule has 0 amide bonds. The number of rotatable bonds is 4. The van der Waals surface area contributed by atoms with Crippen molar-refractivity contribution in [2.24, 2.45) is 5.92 Å². The van der Waals surface area contributed by atoms with Gasteiger partial charge < -0.3 is 5.32 Å². The van der Waals surface area contributed by atoms with Crippen molar-refractivity contribution in [2.45, 2.75) is 33.2 Å². The number of hydrogen-bond acceptors (Lipinski definition) is 2. The average Bonchev–Trinajstić information content (AvgIpc) is 2.15. The monoisotopic (exact) mass is 192 g/mol. The number of hydrogen-bond donors (Lipinski definition) is 1. The van der Waals surface area contributed by atoms with Gasteiger partial charge in [0.2, 0.25) is 0 Å². The SMILES string of the molecule is CNC(CC(C)C)c1cnccc1C. The molecule has 0 spiro atoms.